The average Bonchev–Trinajstić information content (AvgIpc) is 3.10. The lowest BCUT2D eigenvalue weighted by molar-refractivity contribution is 0.191. The van der Waals surface area contributed by atoms with E-state index in [0.29, 0.717) is 42.9 Å². The van der Waals surface area contributed by atoms with Crippen molar-refractivity contribution in [1.82, 2.24) is 14.9 Å². The van der Waals surface area contributed by atoms with E-state index in [4.69, 9.17) is 11.6 Å². The van der Waals surface area contributed by atoms with Gasteiger partial charge in [0.1, 0.15) is 6.10 Å². The van der Waals surface area contributed by atoms with Crippen molar-refractivity contribution in [3.8, 4) is 0 Å². The number of hydrogen-bond acceptors (Lipinski definition) is 5. The minimum atomic E-state index is -3.07. The fraction of sp³-hybridized carbons (Fsp3) is 0.643. The van der Waals surface area contributed by atoms with Crippen LogP contribution in [0.3, 0.4) is 0 Å². The number of hydrogen-bond donors (Lipinski definition) is 3. The number of aliphatic hydroxyl groups excluding tert-OH is 1. The van der Waals surface area contributed by atoms with Gasteiger partial charge in [0.15, 0.2) is 5.96 Å². The molecule has 0 saturated carbocycles. The van der Waals surface area contributed by atoms with E-state index < -0.39 is 16.1 Å². The molecule has 1 fully saturated rings. The minimum absolute atomic E-state index is 0.203. The fourth-order valence-corrected chi connectivity index (χ4v) is 4.93. The number of nitrogens with zero attached hydrogens (tertiary/aromatic N) is 2. The van der Waals surface area contributed by atoms with Crippen molar-refractivity contribution in [1.29, 1.82) is 0 Å². The van der Waals surface area contributed by atoms with Gasteiger partial charge in [-0.1, -0.05) is 11.6 Å². The molecule has 0 bridgehead atoms. The summed E-state index contributed by atoms with van der Waals surface area (Å²) in [5, 5.41) is 16.3. The van der Waals surface area contributed by atoms with Crippen LogP contribution in [0.2, 0.25) is 4.34 Å². The van der Waals surface area contributed by atoms with Crippen LogP contribution in [-0.4, -0.2) is 62.3 Å². The van der Waals surface area contributed by atoms with E-state index in [2.05, 4.69) is 15.6 Å². The molecule has 0 spiro atoms. The molecule has 0 aromatic carbocycles. The molecule has 1 saturated heterocycles. The molecule has 1 aliphatic rings. The first-order chi connectivity index (χ1) is 11.4. The number of aliphatic imine (C=N–C) groups is 1. The van der Waals surface area contributed by atoms with Crippen LogP contribution in [0.4, 0.5) is 0 Å². The maximum absolute atomic E-state index is 11.7. The smallest absolute Gasteiger partial charge is 0.214 e. The number of thiophene rings is 1. The van der Waals surface area contributed by atoms with Gasteiger partial charge < -0.3 is 15.7 Å². The number of nitrogens with one attached hydrogen (secondary N) is 2. The summed E-state index contributed by atoms with van der Waals surface area (Å²) in [6.07, 6.45) is -0.0246. The number of halogens is 1. The first kappa shape index (κ1) is 19.5. The van der Waals surface area contributed by atoms with Crippen LogP contribution in [0, 0.1) is 0 Å². The Morgan fingerprint density at radius 1 is 1.50 bits per heavy atom. The third kappa shape index (κ3) is 5.59. The second-order valence-corrected chi connectivity index (χ2v) is 9.21. The van der Waals surface area contributed by atoms with Crippen LogP contribution >= 0.6 is 22.9 Å². The van der Waals surface area contributed by atoms with Crippen LogP contribution in [0.5, 0.6) is 0 Å². The van der Waals surface area contributed by atoms with Crippen LogP contribution in [0.1, 0.15) is 24.3 Å². The molecule has 10 heteroatoms. The molecule has 3 N–H and O–H groups in total. The molecule has 0 amide bonds. The Morgan fingerprint density at radius 3 is 2.88 bits per heavy atom. The van der Waals surface area contributed by atoms with E-state index in [-0.39, 0.29) is 12.3 Å². The molecule has 7 nitrogen and oxygen atoms in total. The molecule has 1 unspecified atom stereocenters. The normalized spacial score (nSPS) is 19.4. The van der Waals surface area contributed by atoms with Gasteiger partial charge in [0, 0.05) is 31.1 Å². The maximum Gasteiger partial charge on any atom is 0.214 e. The van der Waals surface area contributed by atoms with Gasteiger partial charge in [0.2, 0.25) is 10.0 Å². The van der Waals surface area contributed by atoms with E-state index in [0.717, 1.165) is 4.88 Å². The molecule has 1 aliphatic heterocycles. The zero-order chi connectivity index (χ0) is 17.6. The van der Waals surface area contributed by atoms with Crippen LogP contribution in [0.15, 0.2) is 17.1 Å². The number of aliphatic hydroxyl groups is 1. The summed E-state index contributed by atoms with van der Waals surface area (Å²) < 4.78 is 25.6. The number of rotatable bonds is 7. The highest BCUT2D eigenvalue weighted by molar-refractivity contribution is 7.89. The van der Waals surface area contributed by atoms with Crippen LogP contribution in [-0.2, 0) is 10.0 Å². The predicted octanol–water partition coefficient (Wildman–Crippen LogP) is 1.03. The van der Waals surface area contributed by atoms with Gasteiger partial charge in [-0.2, -0.15) is 0 Å². The molecule has 0 aliphatic carbocycles. The fourth-order valence-electron chi connectivity index (χ4n) is 2.36. The van der Waals surface area contributed by atoms with Crippen molar-refractivity contribution in [3.63, 3.8) is 0 Å². The largest absolute Gasteiger partial charge is 0.386 e. The van der Waals surface area contributed by atoms with Gasteiger partial charge in [-0.3, -0.25) is 4.99 Å². The third-order valence-corrected chi connectivity index (χ3v) is 6.83. The summed E-state index contributed by atoms with van der Waals surface area (Å²) in [7, 11) is -3.07. The third-order valence-electron chi connectivity index (χ3n) is 3.55. The highest BCUT2D eigenvalue weighted by atomic mass is 35.5. The zero-order valence-corrected chi connectivity index (χ0v) is 15.9. The Kier molecular flexibility index (Phi) is 7.30. The molecular formula is C14H23ClN4O3S2. The van der Waals surface area contributed by atoms with E-state index >= 15 is 0 Å². The lowest BCUT2D eigenvalue weighted by Crippen LogP contribution is -2.42. The van der Waals surface area contributed by atoms with Crippen molar-refractivity contribution in [2.45, 2.75) is 19.4 Å². The van der Waals surface area contributed by atoms with Crippen LogP contribution in [0.25, 0.3) is 0 Å². The zero-order valence-electron chi connectivity index (χ0n) is 13.5. The molecule has 1 aromatic heterocycles. The highest BCUT2D eigenvalue weighted by Gasteiger charge is 2.27. The van der Waals surface area contributed by atoms with Crippen molar-refractivity contribution in [3.05, 3.63) is 21.3 Å². The van der Waals surface area contributed by atoms with E-state index in [1.807, 2.05) is 6.92 Å². The Morgan fingerprint density at radius 2 is 2.29 bits per heavy atom. The van der Waals surface area contributed by atoms with Crippen molar-refractivity contribution >= 4 is 38.9 Å². The lowest BCUT2D eigenvalue weighted by Gasteiger charge is -2.16. The van der Waals surface area contributed by atoms with Gasteiger partial charge in [-0.15, -0.1) is 11.3 Å². The lowest BCUT2D eigenvalue weighted by atomic mass is 10.3. The Hall–Kier alpha value is -0.870. The molecule has 2 rings (SSSR count). The molecule has 2 heterocycles. The van der Waals surface area contributed by atoms with Crippen molar-refractivity contribution in [2.24, 2.45) is 4.99 Å². The predicted molar refractivity (Wildman–Crippen MR) is 98.2 cm³/mol. The molecule has 136 valence electrons. The maximum atomic E-state index is 11.7. The monoisotopic (exact) mass is 394 g/mol. The second kappa shape index (κ2) is 9.00. The van der Waals surface area contributed by atoms with E-state index in [1.54, 1.807) is 12.1 Å². The molecule has 24 heavy (non-hydrogen) atoms. The Labute approximate surface area is 151 Å². The van der Waals surface area contributed by atoms with Gasteiger partial charge in [0.05, 0.1) is 16.6 Å². The minimum Gasteiger partial charge on any atom is -0.386 e. The standard InChI is InChI=1S/C14H23ClN4O3S2/c1-2-16-14(17-6-8-19-7-3-9-24(19,21)22)18-10-11(20)12-4-5-13(15)23-12/h4-5,11,20H,2-3,6-10H2,1H3,(H2,16,17,18). The quantitative estimate of drug-likeness (QED) is 0.474. The van der Waals surface area contributed by atoms with Crippen molar-refractivity contribution in [2.75, 3.05) is 38.5 Å². The van der Waals surface area contributed by atoms with Crippen LogP contribution < -0.4 is 10.6 Å². The average molecular weight is 395 g/mol. The summed E-state index contributed by atoms with van der Waals surface area (Å²) in [6.45, 7) is 4.28. The van der Waals surface area contributed by atoms with Gasteiger partial charge >= 0.3 is 0 Å². The summed E-state index contributed by atoms with van der Waals surface area (Å²) in [6, 6.07) is 3.53. The summed E-state index contributed by atoms with van der Waals surface area (Å²) in [5.74, 6) is 0.785. The summed E-state index contributed by atoms with van der Waals surface area (Å²) in [4.78, 5) is 5.11. The summed E-state index contributed by atoms with van der Waals surface area (Å²) in [5.41, 5.74) is 0. The Balaban J connectivity index is 1.84. The first-order valence-electron chi connectivity index (χ1n) is 7.85. The van der Waals surface area contributed by atoms with E-state index in [1.165, 1.54) is 15.6 Å². The molecule has 1 aromatic rings. The number of sulfonamides is 1. The van der Waals surface area contributed by atoms with Gasteiger partial charge in [0.25, 0.3) is 0 Å². The molecular weight excluding hydrogens is 372 g/mol. The molecule has 0 radical (unpaired) electrons. The SMILES string of the molecule is CCNC(=NCC(O)c1ccc(Cl)s1)NCCN1CCCS1(=O)=O. The first-order valence-corrected chi connectivity index (χ1v) is 10.7. The van der Waals surface area contributed by atoms with Gasteiger partial charge in [-0.05, 0) is 25.5 Å². The topological polar surface area (TPSA) is 94.0 Å². The summed E-state index contributed by atoms with van der Waals surface area (Å²) >= 11 is 7.19. The van der Waals surface area contributed by atoms with Crippen molar-refractivity contribution < 1.29 is 13.5 Å². The molecule has 1 atom stereocenters. The Bertz CT molecular complexity index is 663. The number of guanidine groups is 1. The highest BCUT2D eigenvalue weighted by Crippen LogP contribution is 2.26. The second-order valence-electron chi connectivity index (χ2n) is 5.37. The van der Waals surface area contributed by atoms with E-state index in [9.17, 15) is 13.5 Å². The van der Waals surface area contributed by atoms with Gasteiger partial charge in [-0.25, -0.2) is 12.7 Å².